The predicted octanol–water partition coefficient (Wildman–Crippen LogP) is 4.22. The molecular formula is C29H39FN6O5. The number of esters is 1. The maximum absolute atomic E-state index is 16.0. The molecule has 0 bridgehead atoms. The fourth-order valence-corrected chi connectivity index (χ4v) is 5.96. The SMILES string of the molecule is CNc1nc(NC(=O)CC2CCCCC2)nc2c1ncn2[C@@H]1O[C@H](COC(=O)CC2(C)C=CC=CC2)[C@@H](O)[C@@]1(C)F. The van der Waals surface area contributed by atoms with Gasteiger partial charge in [-0.15, -0.1) is 0 Å². The predicted molar refractivity (Wildman–Crippen MR) is 151 cm³/mol. The Bertz CT molecular complexity index is 1340. The first-order chi connectivity index (χ1) is 19.6. The van der Waals surface area contributed by atoms with E-state index >= 15 is 4.39 Å². The molecule has 2 aromatic rings. The second-order valence-corrected chi connectivity index (χ2v) is 11.9. The number of fused-ring (bicyclic) bond motifs is 1. The lowest BCUT2D eigenvalue weighted by atomic mass is 9.81. The zero-order valence-corrected chi connectivity index (χ0v) is 23.8. The molecule has 222 valence electrons. The first-order valence-electron chi connectivity index (χ1n) is 14.3. The van der Waals surface area contributed by atoms with Crippen molar-refractivity contribution in [2.75, 3.05) is 24.3 Å². The molecule has 5 atom stereocenters. The number of imidazole rings is 1. The number of allylic oxidation sites excluding steroid dienone is 4. The number of halogens is 1. The van der Waals surface area contributed by atoms with E-state index in [1.807, 2.05) is 31.2 Å². The third-order valence-electron chi connectivity index (χ3n) is 8.36. The van der Waals surface area contributed by atoms with Gasteiger partial charge in [0.2, 0.25) is 11.9 Å². The molecular weight excluding hydrogens is 531 g/mol. The van der Waals surface area contributed by atoms with Gasteiger partial charge in [-0.3, -0.25) is 19.5 Å². The summed E-state index contributed by atoms with van der Waals surface area (Å²) in [6.45, 7) is 2.88. The van der Waals surface area contributed by atoms with Gasteiger partial charge in [0.25, 0.3) is 0 Å². The van der Waals surface area contributed by atoms with Gasteiger partial charge >= 0.3 is 5.97 Å². The van der Waals surface area contributed by atoms with Crippen molar-refractivity contribution in [3.8, 4) is 0 Å². The molecule has 3 aliphatic rings. The summed E-state index contributed by atoms with van der Waals surface area (Å²) in [7, 11) is 1.66. The Morgan fingerprint density at radius 2 is 2.00 bits per heavy atom. The van der Waals surface area contributed by atoms with Crippen LogP contribution in [0.25, 0.3) is 11.2 Å². The zero-order chi connectivity index (χ0) is 29.2. The number of anilines is 2. The van der Waals surface area contributed by atoms with Crippen molar-refractivity contribution < 1.29 is 28.6 Å². The monoisotopic (exact) mass is 570 g/mol. The van der Waals surface area contributed by atoms with Crippen molar-refractivity contribution in [2.45, 2.75) is 89.3 Å². The van der Waals surface area contributed by atoms with E-state index in [4.69, 9.17) is 9.47 Å². The Balaban J connectivity index is 1.30. The molecule has 1 aliphatic heterocycles. The molecule has 12 heteroatoms. The molecule has 5 rings (SSSR count). The third-order valence-corrected chi connectivity index (χ3v) is 8.36. The molecule has 11 nitrogen and oxygen atoms in total. The van der Waals surface area contributed by atoms with Gasteiger partial charge in [0, 0.05) is 13.5 Å². The fourth-order valence-electron chi connectivity index (χ4n) is 5.96. The number of hydrogen-bond donors (Lipinski definition) is 3. The van der Waals surface area contributed by atoms with Gasteiger partial charge in [0.15, 0.2) is 28.9 Å². The van der Waals surface area contributed by atoms with Crippen LogP contribution in [0.2, 0.25) is 0 Å². The third kappa shape index (κ3) is 6.28. The smallest absolute Gasteiger partial charge is 0.306 e. The molecule has 2 aromatic heterocycles. The minimum absolute atomic E-state index is 0.0640. The summed E-state index contributed by atoms with van der Waals surface area (Å²) in [5.41, 5.74) is -2.05. The van der Waals surface area contributed by atoms with Gasteiger partial charge < -0.3 is 19.9 Å². The van der Waals surface area contributed by atoms with Crippen molar-refractivity contribution in [1.82, 2.24) is 19.5 Å². The van der Waals surface area contributed by atoms with Crippen molar-refractivity contribution in [1.29, 1.82) is 0 Å². The van der Waals surface area contributed by atoms with E-state index in [1.165, 1.54) is 24.2 Å². The summed E-state index contributed by atoms with van der Waals surface area (Å²) in [5.74, 6) is 0.121. The normalized spacial score (nSPS) is 30.0. The fraction of sp³-hybridized carbons (Fsp3) is 0.621. The number of nitrogens with zero attached hydrogens (tertiary/aromatic N) is 4. The van der Waals surface area contributed by atoms with Gasteiger partial charge in [-0.05, 0) is 37.5 Å². The molecule has 1 saturated carbocycles. The van der Waals surface area contributed by atoms with Gasteiger partial charge in [-0.2, -0.15) is 9.97 Å². The number of aliphatic hydroxyl groups is 1. The highest BCUT2D eigenvalue weighted by molar-refractivity contribution is 5.91. The van der Waals surface area contributed by atoms with Gasteiger partial charge in [-0.25, -0.2) is 9.37 Å². The number of alkyl halides is 1. The minimum atomic E-state index is -2.26. The van der Waals surface area contributed by atoms with E-state index in [0.29, 0.717) is 30.1 Å². The number of aliphatic hydroxyl groups excluding tert-OH is 1. The van der Waals surface area contributed by atoms with Crippen LogP contribution in [0, 0.1) is 11.3 Å². The van der Waals surface area contributed by atoms with Gasteiger partial charge in [0.05, 0.1) is 12.7 Å². The highest BCUT2D eigenvalue weighted by Crippen LogP contribution is 2.43. The van der Waals surface area contributed by atoms with Crippen LogP contribution >= 0.6 is 0 Å². The number of amides is 1. The Morgan fingerprint density at radius 3 is 2.71 bits per heavy atom. The number of carbonyl (C=O) groups excluding carboxylic acids is 2. The minimum Gasteiger partial charge on any atom is -0.463 e. The van der Waals surface area contributed by atoms with Crippen LogP contribution in [-0.2, 0) is 19.1 Å². The van der Waals surface area contributed by atoms with Crippen LogP contribution in [0.5, 0.6) is 0 Å². The summed E-state index contributed by atoms with van der Waals surface area (Å²) in [4.78, 5) is 38.5. The second-order valence-electron chi connectivity index (χ2n) is 11.9. The Kier molecular flexibility index (Phi) is 8.42. The van der Waals surface area contributed by atoms with E-state index < -0.39 is 30.1 Å². The zero-order valence-electron chi connectivity index (χ0n) is 23.8. The number of ether oxygens (including phenoxy) is 2. The van der Waals surface area contributed by atoms with Crippen LogP contribution in [-0.4, -0.2) is 68.0 Å². The number of carbonyl (C=O) groups is 2. The Morgan fingerprint density at radius 1 is 1.22 bits per heavy atom. The first kappa shape index (κ1) is 29.1. The Hall–Kier alpha value is -3.38. The van der Waals surface area contributed by atoms with Crippen LogP contribution in [0.1, 0.15) is 71.4 Å². The van der Waals surface area contributed by atoms with Gasteiger partial charge in [0.1, 0.15) is 18.8 Å². The molecule has 3 heterocycles. The Labute approximate surface area is 238 Å². The quantitative estimate of drug-likeness (QED) is 0.378. The lowest BCUT2D eigenvalue weighted by molar-refractivity contribution is -0.152. The maximum Gasteiger partial charge on any atom is 0.306 e. The van der Waals surface area contributed by atoms with Crippen LogP contribution < -0.4 is 10.6 Å². The van der Waals surface area contributed by atoms with Crippen LogP contribution in [0.4, 0.5) is 16.2 Å². The molecule has 41 heavy (non-hydrogen) atoms. The van der Waals surface area contributed by atoms with E-state index in [9.17, 15) is 14.7 Å². The molecule has 1 amide bonds. The summed E-state index contributed by atoms with van der Waals surface area (Å²) in [6, 6.07) is 0. The van der Waals surface area contributed by atoms with Crippen LogP contribution in [0.15, 0.2) is 30.6 Å². The summed E-state index contributed by atoms with van der Waals surface area (Å²) >= 11 is 0. The van der Waals surface area contributed by atoms with Crippen molar-refractivity contribution in [2.24, 2.45) is 11.3 Å². The summed E-state index contributed by atoms with van der Waals surface area (Å²) < 4.78 is 28.7. The molecule has 1 saturated heterocycles. The second kappa shape index (κ2) is 11.8. The van der Waals surface area contributed by atoms with E-state index in [0.717, 1.165) is 25.7 Å². The lowest BCUT2D eigenvalue weighted by Crippen LogP contribution is -2.41. The standard InChI is InChI=1S/C29H39FN6O5/c1-28(12-8-5-9-13-28)15-21(38)40-16-19-23(39)29(2,30)26(41-19)36-17-32-22-24(31-3)34-27(35-25(22)36)33-20(37)14-18-10-6-4-7-11-18/h5,8-9,12,17-19,23,26,39H,4,6-7,10-11,13-16H2,1-3H3,(H2,31,33,34,35,37)/t19-,23-,26-,28?,29-/m1/s1. The molecule has 3 N–H and O–H groups in total. The molecule has 2 aliphatic carbocycles. The highest BCUT2D eigenvalue weighted by atomic mass is 19.1. The summed E-state index contributed by atoms with van der Waals surface area (Å²) in [5, 5.41) is 16.6. The molecule has 0 radical (unpaired) electrons. The molecule has 2 fully saturated rings. The van der Waals surface area contributed by atoms with E-state index in [-0.39, 0.29) is 35.9 Å². The van der Waals surface area contributed by atoms with Gasteiger partial charge in [-0.1, -0.05) is 50.5 Å². The molecule has 1 unspecified atom stereocenters. The average molecular weight is 571 g/mol. The van der Waals surface area contributed by atoms with Crippen LogP contribution in [0.3, 0.4) is 0 Å². The highest BCUT2D eigenvalue weighted by Gasteiger charge is 2.55. The number of nitrogens with one attached hydrogen (secondary N) is 2. The first-order valence-corrected chi connectivity index (χ1v) is 14.3. The van der Waals surface area contributed by atoms with Crippen molar-refractivity contribution >= 4 is 34.8 Å². The summed E-state index contributed by atoms with van der Waals surface area (Å²) in [6.07, 6.45) is 11.9. The number of rotatable bonds is 9. The van der Waals surface area contributed by atoms with E-state index in [1.54, 1.807) is 7.05 Å². The maximum atomic E-state index is 16.0. The average Bonchev–Trinajstić information content (AvgIpc) is 3.45. The molecule has 0 spiro atoms. The topological polar surface area (TPSA) is 140 Å². The number of hydrogen-bond acceptors (Lipinski definition) is 9. The molecule has 0 aromatic carbocycles. The van der Waals surface area contributed by atoms with Crippen molar-refractivity contribution in [3.63, 3.8) is 0 Å². The lowest BCUT2D eigenvalue weighted by Gasteiger charge is -2.25. The van der Waals surface area contributed by atoms with E-state index in [2.05, 4.69) is 25.6 Å². The number of aromatic nitrogens is 4. The van der Waals surface area contributed by atoms with Crippen molar-refractivity contribution in [3.05, 3.63) is 30.6 Å². The largest absolute Gasteiger partial charge is 0.463 e.